The summed E-state index contributed by atoms with van der Waals surface area (Å²) in [6, 6.07) is 15.6. The maximum absolute atomic E-state index is 13.2. The molecule has 0 bridgehead atoms. The standard InChI is InChI=1S/C22H22ClN3O4S/c1-3-25-15-16(10-13-21(25)27)24-22(28)19-14-18(11-12-20(19)23)31(29,30)26(4-2)17-8-6-5-7-9-17/h5-15H,3-4H2,1-2H3,(H,24,28). The first-order valence-corrected chi connectivity index (χ1v) is 11.5. The number of nitrogens with one attached hydrogen (secondary N) is 1. The quantitative estimate of drug-likeness (QED) is 0.578. The van der Waals surface area contributed by atoms with E-state index in [1.54, 1.807) is 37.3 Å². The first kappa shape index (κ1) is 22.6. The van der Waals surface area contributed by atoms with E-state index < -0.39 is 15.9 Å². The molecule has 7 nitrogen and oxygen atoms in total. The van der Waals surface area contributed by atoms with Crippen molar-refractivity contribution < 1.29 is 13.2 Å². The Labute approximate surface area is 185 Å². The molecule has 0 spiro atoms. The van der Waals surface area contributed by atoms with E-state index in [4.69, 9.17) is 11.6 Å². The number of anilines is 2. The molecule has 0 unspecified atom stereocenters. The van der Waals surface area contributed by atoms with Gasteiger partial charge in [-0.15, -0.1) is 0 Å². The molecular weight excluding hydrogens is 438 g/mol. The molecule has 3 rings (SSSR count). The van der Waals surface area contributed by atoms with Gasteiger partial charge >= 0.3 is 0 Å². The molecule has 0 saturated carbocycles. The molecule has 0 aliphatic heterocycles. The summed E-state index contributed by atoms with van der Waals surface area (Å²) < 4.78 is 29.2. The van der Waals surface area contributed by atoms with Crippen LogP contribution >= 0.6 is 11.6 Å². The van der Waals surface area contributed by atoms with Crippen LogP contribution < -0.4 is 15.2 Å². The van der Waals surface area contributed by atoms with Crippen LogP contribution in [0.1, 0.15) is 24.2 Å². The van der Waals surface area contributed by atoms with E-state index in [1.807, 2.05) is 6.92 Å². The van der Waals surface area contributed by atoms with Crippen LogP contribution in [0.3, 0.4) is 0 Å². The lowest BCUT2D eigenvalue weighted by Gasteiger charge is -2.23. The van der Waals surface area contributed by atoms with Crippen molar-refractivity contribution in [1.82, 2.24) is 4.57 Å². The van der Waals surface area contributed by atoms with Gasteiger partial charge in [0.2, 0.25) is 0 Å². The molecule has 162 valence electrons. The van der Waals surface area contributed by atoms with Gasteiger partial charge in [0, 0.05) is 25.4 Å². The fourth-order valence-electron chi connectivity index (χ4n) is 3.10. The number of rotatable bonds is 7. The second kappa shape index (κ2) is 9.36. The van der Waals surface area contributed by atoms with Crippen molar-refractivity contribution in [2.75, 3.05) is 16.2 Å². The van der Waals surface area contributed by atoms with E-state index in [0.29, 0.717) is 17.9 Å². The third-order valence-corrected chi connectivity index (χ3v) is 6.91. The molecule has 0 atom stereocenters. The van der Waals surface area contributed by atoms with Gasteiger partial charge in [-0.1, -0.05) is 29.8 Å². The van der Waals surface area contributed by atoms with Crippen LogP contribution in [0.5, 0.6) is 0 Å². The van der Waals surface area contributed by atoms with Crippen LogP contribution in [0.4, 0.5) is 11.4 Å². The van der Waals surface area contributed by atoms with Crippen molar-refractivity contribution in [3.63, 3.8) is 0 Å². The maximum Gasteiger partial charge on any atom is 0.264 e. The second-order valence-corrected chi connectivity index (χ2v) is 8.91. The first-order valence-electron chi connectivity index (χ1n) is 9.67. The third kappa shape index (κ3) is 4.81. The Balaban J connectivity index is 1.95. The first-order chi connectivity index (χ1) is 14.8. The Bertz CT molecular complexity index is 1260. The molecule has 0 radical (unpaired) electrons. The minimum Gasteiger partial charge on any atom is -0.321 e. The number of para-hydroxylation sites is 1. The van der Waals surface area contributed by atoms with Crippen molar-refractivity contribution in [3.8, 4) is 0 Å². The van der Waals surface area contributed by atoms with E-state index in [0.717, 1.165) is 0 Å². The van der Waals surface area contributed by atoms with Crippen LogP contribution in [-0.4, -0.2) is 25.4 Å². The number of nitrogens with zero attached hydrogens (tertiary/aromatic N) is 2. The molecule has 3 aromatic rings. The summed E-state index contributed by atoms with van der Waals surface area (Å²) in [5, 5.41) is 2.78. The van der Waals surface area contributed by atoms with Crippen LogP contribution in [0.15, 0.2) is 76.6 Å². The number of aromatic nitrogens is 1. The summed E-state index contributed by atoms with van der Waals surface area (Å²) in [5.74, 6) is -0.578. The maximum atomic E-state index is 13.2. The molecule has 0 aliphatic rings. The van der Waals surface area contributed by atoms with Gasteiger partial charge < -0.3 is 9.88 Å². The van der Waals surface area contributed by atoms with Crippen LogP contribution in [-0.2, 0) is 16.6 Å². The zero-order chi connectivity index (χ0) is 22.6. The number of carbonyl (C=O) groups excluding carboxylic acids is 1. The number of sulfonamides is 1. The Morgan fingerprint density at radius 1 is 1.06 bits per heavy atom. The fourth-order valence-corrected chi connectivity index (χ4v) is 4.81. The lowest BCUT2D eigenvalue weighted by Crippen LogP contribution is -2.31. The molecule has 1 amide bonds. The number of hydrogen-bond donors (Lipinski definition) is 1. The van der Waals surface area contributed by atoms with E-state index in [1.165, 1.54) is 45.4 Å². The monoisotopic (exact) mass is 459 g/mol. The minimum absolute atomic E-state index is 0.0149. The van der Waals surface area contributed by atoms with Crippen LogP contribution in [0, 0.1) is 0 Å². The van der Waals surface area contributed by atoms with Gasteiger partial charge in [0.1, 0.15) is 0 Å². The predicted octanol–water partition coefficient (Wildman–Crippen LogP) is 3.99. The lowest BCUT2D eigenvalue weighted by atomic mass is 10.2. The number of pyridine rings is 1. The summed E-state index contributed by atoms with van der Waals surface area (Å²) in [4.78, 5) is 24.5. The molecule has 31 heavy (non-hydrogen) atoms. The lowest BCUT2D eigenvalue weighted by molar-refractivity contribution is 0.102. The van der Waals surface area contributed by atoms with Gasteiger partial charge in [-0.2, -0.15) is 0 Å². The number of aryl methyl sites for hydroxylation is 1. The van der Waals surface area contributed by atoms with Gasteiger partial charge in [0.05, 0.1) is 26.9 Å². The minimum atomic E-state index is -3.92. The average molecular weight is 460 g/mol. The van der Waals surface area contributed by atoms with E-state index in [2.05, 4.69) is 5.32 Å². The number of benzene rings is 2. The molecule has 1 N–H and O–H groups in total. The predicted molar refractivity (Wildman–Crippen MR) is 122 cm³/mol. The fraction of sp³-hybridized carbons (Fsp3) is 0.182. The number of amides is 1. The Morgan fingerprint density at radius 3 is 2.42 bits per heavy atom. The molecule has 0 aliphatic carbocycles. The Kier molecular flexibility index (Phi) is 6.82. The summed E-state index contributed by atoms with van der Waals surface area (Å²) in [6.45, 7) is 4.21. The van der Waals surface area contributed by atoms with Crippen molar-refractivity contribution in [2.24, 2.45) is 0 Å². The molecule has 0 fully saturated rings. The summed E-state index contributed by atoms with van der Waals surface area (Å²) in [6.07, 6.45) is 1.52. The van der Waals surface area contributed by atoms with Crippen molar-refractivity contribution in [3.05, 3.63) is 87.8 Å². The number of hydrogen-bond acceptors (Lipinski definition) is 4. The highest BCUT2D eigenvalue weighted by atomic mass is 35.5. The summed E-state index contributed by atoms with van der Waals surface area (Å²) in [7, 11) is -3.92. The zero-order valence-corrected chi connectivity index (χ0v) is 18.7. The normalized spacial score (nSPS) is 11.2. The van der Waals surface area contributed by atoms with Crippen molar-refractivity contribution in [1.29, 1.82) is 0 Å². The topological polar surface area (TPSA) is 88.5 Å². The zero-order valence-electron chi connectivity index (χ0n) is 17.1. The highest BCUT2D eigenvalue weighted by Crippen LogP contribution is 2.27. The van der Waals surface area contributed by atoms with Crippen molar-refractivity contribution in [2.45, 2.75) is 25.3 Å². The highest BCUT2D eigenvalue weighted by Gasteiger charge is 2.25. The molecule has 1 aromatic heterocycles. The van der Waals surface area contributed by atoms with Gasteiger partial charge in [-0.3, -0.25) is 13.9 Å². The van der Waals surface area contributed by atoms with E-state index in [9.17, 15) is 18.0 Å². The van der Waals surface area contributed by atoms with Gasteiger partial charge in [0.25, 0.3) is 21.5 Å². The summed E-state index contributed by atoms with van der Waals surface area (Å²) in [5.41, 5.74) is 0.747. The number of carbonyl (C=O) groups is 1. The molecule has 9 heteroatoms. The second-order valence-electron chi connectivity index (χ2n) is 6.64. The third-order valence-electron chi connectivity index (χ3n) is 4.68. The Morgan fingerprint density at radius 2 is 1.77 bits per heavy atom. The van der Waals surface area contributed by atoms with Gasteiger partial charge in [0.15, 0.2) is 0 Å². The molecular formula is C22H22ClN3O4S. The SMILES string of the molecule is CCN(c1ccccc1)S(=O)(=O)c1ccc(Cl)c(C(=O)Nc2ccc(=O)n(CC)c2)c1. The van der Waals surface area contributed by atoms with Crippen LogP contribution in [0.25, 0.3) is 0 Å². The van der Waals surface area contributed by atoms with Gasteiger partial charge in [-0.25, -0.2) is 8.42 Å². The van der Waals surface area contributed by atoms with Crippen molar-refractivity contribution >= 4 is 38.9 Å². The Hall–Kier alpha value is -3.10. The molecule has 2 aromatic carbocycles. The largest absolute Gasteiger partial charge is 0.321 e. The van der Waals surface area contributed by atoms with Gasteiger partial charge in [-0.05, 0) is 50.2 Å². The molecule has 1 heterocycles. The molecule has 0 saturated heterocycles. The average Bonchev–Trinajstić information content (AvgIpc) is 2.76. The van der Waals surface area contributed by atoms with E-state index in [-0.39, 0.29) is 27.6 Å². The smallest absolute Gasteiger partial charge is 0.264 e. The number of halogens is 1. The van der Waals surface area contributed by atoms with E-state index >= 15 is 0 Å². The summed E-state index contributed by atoms with van der Waals surface area (Å²) >= 11 is 6.20. The van der Waals surface area contributed by atoms with Crippen LogP contribution in [0.2, 0.25) is 5.02 Å². The highest BCUT2D eigenvalue weighted by molar-refractivity contribution is 7.92.